The Bertz CT molecular complexity index is 875. The number of carbonyl (C=O) groups excluding carboxylic acids is 2. The number of anilines is 1. The molecule has 0 bridgehead atoms. The Balaban J connectivity index is 1.63. The van der Waals surface area contributed by atoms with E-state index in [9.17, 15) is 23.5 Å². The molecule has 0 saturated carbocycles. The Morgan fingerprint density at radius 1 is 1.26 bits per heavy atom. The van der Waals surface area contributed by atoms with Gasteiger partial charge in [-0.1, -0.05) is 18.2 Å². The molecule has 0 spiro atoms. The molecule has 1 aliphatic rings. The smallest absolute Gasteiger partial charge is 0.268 e. The van der Waals surface area contributed by atoms with E-state index in [-0.39, 0.29) is 24.6 Å². The molecule has 1 aliphatic heterocycles. The normalized spacial score (nSPS) is 17.1. The molecule has 2 aromatic carbocycles. The summed E-state index contributed by atoms with van der Waals surface area (Å²) < 4.78 is 31.7. The molecule has 1 heterocycles. The molecule has 2 N–H and O–H groups in total. The molecule has 0 radical (unpaired) electrons. The monoisotopic (exact) mass is 376 g/mol. The predicted octanol–water partition coefficient (Wildman–Crippen LogP) is 1.93. The highest BCUT2D eigenvalue weighted by atomic mass is 19.2. The van der Waals surface area contributed by atoms with Crippen molar-refractivity contribution < 1.29 is 28.2 Å². The van der Waals surface area contributed by atoms with Crippen molar-refractivity contribution in [2.75, 3.05) is 18.0 Å². The maximum absolute atomic E-state index is 13.2. The minimum atomic E-state index is -1.21. The molecular weight excluding hydrogens is 358 g/mol. The summed E-state index contributed by atoms with van der Waals surface area (Å²) in [6.45, 7) is 1.13. The summed E-state index contributed by atoms with van der Waals surface area (Å²) in [5, 5.41) is 12.5. The van der Waals surface area contributed by atoms with Crippen LogP contribution in [0.25, 0.3) is 0 Å². The quantitative estimate of drug-likeness (QED) is 0.836. The van der Waals surface area contributed by atoms with Crippen molar-refractivity contribution in [1.29, 1.82) is 0 Å². The summed E-state index contributed by atoms with van der Waals surface area (Å²) in [4.78, 5) is 25.9. The van der Waals surface area contributed by atoms with Crippen LogP contribution in [-0.2, 0) is 9.59 Å². The minimum Gasteiger partial charge on any atom is -0.479 e. The van der Waals surface area contributed by atoms with Gasteiger partial charge in [-0.25, -0.2) is 8.78 Å². The first kappa shape index (κ1) is 18.8. The number of aliphatic hydroxyl groups excluding tert-OH is 1. The average Bonchev–Trinajstić information content (AvgIpc) is 2.65. The lowest BCUT2D eigenvalue weighted by Gasteiger charge is -2.32. The van der Waals surface area contributed by atoms with Crippen LogP contribution in [0.15, 0.2) is 42.5 Å². The Hall–Kier alpha value is -3.00. The van der Waals surface area contributed by atoms with Crippen molar-refractivity contribution in [3.05, 3.63) is 59.7 Å². The summed E-state index contributed by atoms with van der Waals surface area (Å²) in [5.41, 5.74) is 0.618. The molecule has 8 heteroatoms. The zero-order valence-electron chi connectivity index (χ0n) is 14.5. The van der Waals surface area contributed by atoms with Gasteiger partial charge in [-0.05, 0) is 36.8 Å². The number of benzene rings is 2. The lowest BCUT2D eigenvalue weighted by Crippen LogP contribution is -2.49. The highest BCUT2D eigenvalue weighted by Crippen LogP contribution is 2.33. The van der Waals surface area contributed by atoms with Gasteiger partial charge in [0.25, 0.3) is 5.91 Å². The van der Waals surface area contributed by atoms with Gasteiger partial charge in [0, 0.05) is 6.54 Å². The molecule has 142 valence electrons. The zero-order valence-corrected chi connectivity index (χ0v) is 14.5. The SMILES string of the molecule is C[C@H]1Oc2ccccc2N(CC(=O)NC[C@@H](O)c2ccc(F)c(F)c2)C1=O. The molecule has 0 saturated heterocycles. The molecule has 27 heavy (non-hydrogen) atoms. The number of aliphatic hydroxyl groups is 1. The van der Waals surface area contributed by atoms with E-state index in [0.29, 0.717) is 11.4 Å². The number of halogens is 2. The number of nitrogens with zero attached hydrogens (tertiary/aromatic N) is 1. The summed E-state index contributed by atoms with van der Waals surface area (Å²) in [6, 6.07) is 9.87. The van der Waals surface area contributed by atoms with Crippen molar-refractivity contribution in [1.82, 2.24) is 5.32 Å². The number of hydrogen-bond acceptors (Lipinski definition) is 4. The number of fused-ring (bicyclic) bond motifs is 1. The Kier molecular flexibility index (Phi) is 5.36. The number of rotatable bonds is 5. The lowest BCUT2D eigenvalue weighted by molar-refractivity contribution is -0.128. The molecule has 0 unspecified atom stereocenters. The molecule has 0 fully saturated rings. The third-order valence-corrected chi connectivity index (χ3v) is 4.20. The van der Waals surface area contributed by atoms with Gasteiger partial charge in [-0.3, -0.25) is 14.5 Å². The van der Waals surface area contributed by atoms with Gasteiger partial charge in [0.15, 0.2) is 17.7 Å². The van der Waals surface area contributed by atoms with Crippen LogP contribution >= 0.6 is 0 Å². The number of nitrogens with one attached hydrogen (secondary N) is 1. The lowest BCUT2D eigenvalue weighted by atomic mass is 10.1. The fraction of sp³-hybridized carbons (Fsp3) is 0.263. The molecule has 2 atom stereocenters. The molecular formula is C19H18F2N2O4. The molecule has 0 aliphatic carbocycles. The number of para-hydroxylation sites is 2. The van der Waals surface area contributed by atoms with E-state index in [1.54, 1.807) is 31.2 Å². The van der Waals surface area contributed by atoms with Crippen molar-refractivity contribution in [2.45, 2.75) is 19.1 Å². The van der Waals surface area contributed by atoms with Crippen molar-refractivity contribution in [3.63, 3.8) is 0 Å². The summed E-state index contributed by atoms with van der Waals surface area (Å²) in [7, 11) is 0. The standard InChI is InChI=1S/C19H18F2N2O4/c1-11-19(26)23(15-4-2-3-5-17(15)27-11)10-18(25)22-9-16(24)12-6-7-13(20)14(21)8-12/h2-8,11,16,24H,9-10H2,1H3,(H,22,25)/t11-,16-/m1/s1. The van der Waals surface area contributed by atoms with Crippen molar-refractivity contribution in [3.8, 4) is 5.75 Å². The van der Waals surface area contributed by atoms with E-state index >= 15 is 0 Å². The van der Waals surface area contributed by atoms with Crippen LogP contribution in [0.5, 0.6) is 5.75 Å². The van der Waals surface area contributed by atoms with Crippen molar-refractivity contribution in [2.24, 2.45) is 0 Å². The average molecular weight is 376 g/mol. The second-order valence-electron chi connectivity index (χ2n) is 6.15. The van der Waals surface area contributed by atoms with E-state index in [1.165, 1.54) is 11.0 Å². The second-order valence-corrected chi connectivity index (χ2v) is 6.15. The van der Waals surface area contributed by atoms with E-state index in [0.717, 1.165) is 12.1 Å². The van der Waals surface area contributed by atoms with Crippen LogP contribution in [0.1, 0.15) is 18.6 Å². The number of ether oxygens (including phenoxy) is 1. The largest absolute Gasteiger partial charge is 0.479 e. The Morgan fingerprint density at radius 3 is 2.74 bits per heavy atom. The fourth-order valence-corrected chi connectivity index (χ4v) is 2.77. The number of carbonyl (C=O) groups is 2. The van der Waals surface area contributed by atoms with E-state index in [2.05, 4.69) is 5.32 Å². The number of amides is 2. The molecule has 6 nitrogen and oxygen atoms in total. The van der Waals surface area contributed by atoms with Gasteiger partial charge >= 0.3 is 0 Å². The molecule has 0 aromatic heterocycles. The summed E-state index contributed by atoms with van der Waals surface area (Å²) in [5.74, 6) is -2.46. The molecule has 3 rings (SSSR count). The molecule has 2 aromatic rings. The maximum Gasteiger partial charge on any atom is 0.268 e. The summed E-state index contributed by atoms with van der Waals surface area (Å²) >= 11 is 0. The zero-order chi connectivity index (χ0) is 19.6. The van der Waals surface area contributed by atoms with Gasteiger partial charge in [-0.15, -0.1) is 0 Å². The van der Waals surface area contributed by atoms with Crippen LogP contribution in [0.2, 0.25) is 0 Å². The van der Waals surface area contributed by atoms with E-state index < -0.39 is 29.7 Å². The molecule has 2 amide bonds. The van der Waals surface area contributed by atoms with Gasteiger partial charge < -0.3 is 15.2 Å². The van der Waals surface area contributed by atoms with Gasteiger partial charge in [0.2, 0.25) is 5.91 Å². The number of hydrogen-bond donors (Lipinski definition) is 2. The van der Waals surface area contributed by atoms with Gasteiger partial charge in [0.1, 0.15) is 12.3 Å². The fourth-order valence-electron chi connectivity index (χ4n) is 2.77. The first-order valence-corrected chi connectivity index (χ1v) is 8.33. The third kappa shape index (κ3) is 4.06. The Labute approximate surface area is 154 Å². The second kappa shape index (κ2) is 7.71. The first-order chi connectivity index (χ1) is 12.9. The van der Waals surface area contributed by atoms with E-state index in [1.807, 2.05) is 0 Å². The first-order valence-electron chi connectivity index (χ1n) is 8.33. The highest BCUT2D eigenvalue weighted by Gasteiger charge is 2.32. The van der Waals surface area contributed by atoms with Gasteiger partial charge in [-0.2, -0.15) is 0 Å². The predicted molar refractivity (Wildman–Crippen MR) is 93.2 cm³/mol. The van der Waals surface area contributed by atoms with Crippen LogP contribution < -0.4 is 15.0 Å². The third-order valence-electron chi connectivity index (χ3n) is 4.20. The van der Waals surface area contributed by atoms with Crippen LogP contribution in [0.4, 0.5) is 14.5 Å². The summed E-state index contributed by atoms with van der Waals surface area (Å²) in [6.07, 6.45) is -1.93. The van der Waals surface area contributed by atoms with Gasteiger partial charge in [0.05, 0.1) is 11.8 Å². The topological polar surface area (TPSA) is 78.9 Å². The van der Waals surface area contributed by atoms with Crippen LogP contribution in [0.3, 0.4) is 0 Å². The van der Waals surface area contributed by atoms with E-state index in [4.69, 9.17) is 4.74 Å². The maximum atomic E-state index is 13.2. The Morgan fingerprint density at radius 2 is 2.00 bits per heavy atom. The van der Waals surface area contributed by atoms with Crippen LogP contribution in [0, 0.1) is 11.6 Å². The highest BCUT2D eigenvalue weighted by molar-refractivity contribution is 6.03. The van der Waals surface area contributed by atoms with Crippen LogP contribution in [-0.4, -0.2) is 36.1 Å². The van der Waals surface area contributed by atoms with Crippen molar-refractivity contribution >= 4 is 17.5 Å². The minimum absolute atomic E-state index is 0.135.